The van der Waals surface area contributed by atoms with Gasteiger partial charge >= 0.3 is 0 Å². The summed E-state index contributed by atoms with van der Waals surface area (Å²) in [5, 5.41) is 0. The summed E-state index contributed by atoms with van der Waals surface area (Å²) in [5.41, 5.74) is 2.31. The van der Waals surface area contributed by atoms with Crippen molar-refractivity contribution in [2.75, 3.05) is 0 Å². The second-order valence-electron chi connectivity index (χ2n) is 3.44. The van der Waals surface area contributed by atoms with E-state index in [4.69, 9.17) is 0 Å². The monoisotopic (exact) mass is 188 g/mol. The minimum atomic E-state index is 0.177. The number of rotatable bonds is 4. The van der Waals surface area contributed by atoms with Gasteiger partial charge in [0.2, 0.25) is 0 Å². The molecule has 1 aromatic carbocycles. The molecule has 0 spiro atoms. The third-order valence-corrected chi connectivity index (χ3v) is 2.04. The Labute approximate surface area is 85.5 Å². The smallest absolute Gasteiger partial charge is 0.159 e. The maximum atomic E-state index is 11.4. The first-order valence-corrected chi connectivity index (χ1v) is 4.97. The Morgan fingerprint density at radius 3 is 2.50 bits per heavy atom. The van der Waals surface area contributed by atoms with Crippen molar-refractivity contribution < 1.29 is 4.79 Å². The van der Waals surface area contributed by atoms with Crippen LogP contribution in [0.2, 0.25) is 0 Å². The van der Waals surface area contributed by atoms with Gasteiger partial charge in [0.05, 0.1) is 0 Å². The number of benzene rings is 1. The maximum absolute atomic E-state index is 11.4. The van der Waals surface area contributed by atoms with Crippen LogP contribution in [0.3, 0.4) is 0 Å². The molecule has 0 N–H and O–H groups in total. The number of aryl methyl sites for hydroxylation is 1. The van der Waals surface area contributed by atoms with E-state index in [1.807, 2.05) is 44.2 Å². The molecule has 0 heterocycles. The first-order chi connectivity index (χ1) is 6.72. The molecule has 0 saturated heterocycles. The summed E-state index contributed by atoms with van der Waals surface area (Å²) in [6.07, 6.45) is 4.99. The number of allylic oxidation sites excluding steroid dienone is 2. The summed E-state index contributed by atoms with van der Waals surface area (Å²) >= 11 is 0. The number of ketones is 1. The Bertz CT molecular complexity index is 320. The summed E-state index contributed by atoms with van der Waals surface area (Å²) in [6, 6.07) is 8.08. The van der Waals surface area contributed by atoms with Crippen molar-refractivity contribution in [1.82, 2.24) is 0 Å². The summed E-state index contributed by atoms with van der Waals surface area (Å²) in [5.74, 6) is 0.177. The van der Waals surface area contributed by atoms with E-state index in [1.165, 1.54) is 5.56 Å². The number of hydrogen-bond donors (Lipinski definition) is 0. The van der Waals surface area contributed by atoms with Crippen LogP contribution in [-0.2, 0) is 11.2 Å². The fourth-order valence-electron chi connectivity index (χ4n) is 1.22. The molecule has 0 aliphatic carbocycles. The lowest BCUT2D eigenvalue weighted by molar-refractivity contribution is -0.114. The summed E-state index contributed by atoms with van der Waals surface area (Å²) in [4.78, 5) is 11.4. The predicted molar refractivity (Wildman–Crippen MR) is 59.3 cm³/mol. The molecule has 0 fully saturated rings. The highest BCUT2D eigenvalue weighted by Gasteiger charge is 1.98. The van der Waals surface area contributed by atoms with Crippen LogP contribution in [0.5, 0.6) is 0 Å². The molecule has 0 atom stereocenters. The largest absolute Gasteiger partial charge is 0.294 e. The van der Waals surface area contributed by atoms with Crippen LogP contribution in [0, 0.1) is 6.92 Å². The maximum Gasteiger partial charge on any atom is 0.159 e. The van der Waals surface area contributed by atoms with Crippen molar-refractivity contribution in [2.24, 2.45) is 0 Å². The van der Waals surface area contributed by atoms with Gasteiger partial charge in [-0.05, 0) is 25.0 Å². The average Bonchev–Trinajstić information content (AvgIpc) is 2.18. The van der Waals surface area contributed by atoms with Gasteiger partial charge in [-0.15, -0.1) is 0 Å². The van der Waals surface area contributed by atoms with E-state index in [0.29, 0.717) is 6.42 Å². The molecule has 0 bridgehead atoms. The van der Waals surface area contributed by atoms with Crippen LogP contribution in [0.25, 0.3) is 0 Å². The zero-order valence-corrected chi connectivity index (χ0v) is 8.79. The van der Waals surface area contributed by atoms with E-state index in [1.54, 1.807) is 6.08 Å². The Morgan fingerprint density at radius 2 is 1.93 bits per heavy atom. The fraction of sp³-hybridized carbons (Fsp3) is 0.308. The third kappa shape index (κ3) is 3.56. The predicted octanol–water partition coefficient (Wildman–Crippen LogP) is 3.07. The Morgan fingerprint density at radius 1 is 1.29 bits per heavy atom. The van der Waals surface area contributed by atoms with E-state index >= 15 is 0 Å². The van der Waals surface area contributed by atoms with Crippen molar-refractivity contribution in [1.29, 1.82) is 0 Å². The summed E-state index contributed by atoms with van der Waals surface area (Å²) in [6.45, 7) is 4.07. The standard InChI is InChI=1S/C13H16O/c1-3-4-5-13(14)10-12-8-6-11(2)7-9-12/h4-9H,3,10H2,1-2H3/b5-4+. The van der Waals surface area contributed by atoms with Gasteiger partial charge in [-0.1, -0.05) is 42.8 Å². The third-order valence-electron chi connectivity index (χ3n) is 2.04. The lowest BCUT2D eigenvalue weighted by atomic mass is 10.1. The van der Waals surface area contributed by atoms with Crippen molar-refractivity contribution in [3.8, 4) is 0 Å². The molecular formula is C13H16O. The SMILES string of the molecule is CC/C=C/C(=O)Cc1ccc(C)cc1. The average molecular weight is 188 g/mol. The lowest BCUT2D eigenvalue weighted by Crippen LogP contribution is -1.97. The molecule has 1 nitrogen and oxygen atoms in total. The van der Waals surface area contributed by atoms with Gasteiger partial charge in [-0.2, -0.15) is 0 Å². The highest BCUT2D eigenvalue weighted by Crippen LogP contribution is 2.04. The van der Waals surface area contributed by atoms with Gasteiger partial charge in [0.25, 0.3) is 0 Å². The summed E-state index contributed by atoms with van der Waals surface area (Å²) < 4.78 is 0. The van der Waals surface area contributed by atoms with Gasteiger partial charge in [0.15, 0.2) is 5.78 Å². The second-order valence-corrected chi connectivity index (χ2v) is 3.44. The Balaban J connectivity index is 2.56. The van der Waals surface area contributed by atoms with Crippen molar-refractivity contribution in [3.63, 3.8) is 0 Å². The molecule has 1 heteroatoms. The van der Waals surface area contributed by atoms with Gasteiger partial charge in [-0.25, -0.2) is 0 Å². The number of carbonyl (C=O) groups excluding carboxylic acids is 1. The Hall–Kier alpha value is -1.37. The highest BCUT2D eigenvalue weighted by atomic mass is 16.1. The van der Waals surface area contributed by atoms with Crippen molar-refractivity contribution in [3.05, 3.63) is 47.5 Å². The van der Waals surface area contributed by atoms with Crippen molar-refractivity contribution in [2.45, 2.75) is 26.7 Å². The van der Waals surface area contributed by atoms with Gasteiger partial charge in [0, 0.05) is 6.42 Å². The molecule has 0 aliphatic rings. The van der Waals surface area contributed by atoms with E-state index in [9.17, 15) is 4.79 Å². The molecule has 0 amide bonds. The van der Waals surface area contributed by atoms with Crippen LogP contribution in [0.4, 0.5) is 0 Å². The summed E-state index contributed by atoms with van der Waals surface area (Å²) in [7, 11) is 0. The number of hydrogen-bond acceptors (Lipinski definition) is 1. The molecule has 0 aromatic heterocycles. The van der Waals surface area contributed by atoms with E-state index in [2.05, 4.69) is 0 Å². The van der Waals surface area contributed by atoms with E-state index < -0.39 is 0 Å². The zero-order chi connectivity index (χ0) is 10.4. The molecule has 0 radical (unpaired) electrons. The Kier molecular flexibility index (Phi) is 4.11. The first kappa shape index (κ1) is 10.7. The van der Waals surface area contributed by atoms with Gasteiger partial charge in [0.1, 0.15) is 0 Å². The second kappa shape index (κ2) is 5.38. The van der Waals surface area contributed by atoms with Crippen molar-refractivity contribution >= 4 is 5.78 Å². The number of carbonyl (C=O) groups is 1. The van der Waals surface area contributed by atoms with Gasteiger partial charge in [-0.3, -0.25) is 4.79 Å². The van der Waals surface area contributed by atoms with E-state index in [-0.39, 0.29) is 5.78 Å². The minimum Gasteiger partial charge on any atom is -0.294 e. The van der Waals surface area contributed by atoms with Crippen LogP contribution < -0.4 is 0 Å². The van der Waals surface area contributed by atoms with Crippen LogP contribution >= 0.6 is 0 Å². The normalized spacial score (nSPS) is 10.7. The minimum absolute atomic E-state index is 0.177. The fourth-order valence-corrected chi connectivity index (χ4v) is 1.22. The van der Waals surface area contributed by atoms with Crippen LogP contribution in [0.1, 0.15) is 24.5 Å². The first-order valence-electron chi connectivity index (χ1n) is 4.97. The molecule has 0 saturated carbocycles. The molecule has 74 valence electrons. The molecular weight excluding hydrogens is 172 g/mol. The topological polar surface area (TPSA) is 17.1 Å². The molecule has 0 unspecified atom stereocenters. The molecule has 0 aliphatic heterocycles. The molecule has 1 aromatic rings. The lowest BCUT2D eigenvalue weighted by Gasteiger charge is -1.98. The van der Waals surface area contributed by atoms with E-state index in [0.717, 1.165) is 12.0 Å². The van der Waals surface area contributed by atoms with Crippen LogP contribution in [0.15, 0.2) is 36.4 Å². The molecule has 1 rings (SSSR count). The van der Waals surface area contributed by atoms with Crippen LogP contribution in [-0.4, -0.2) is 5.78 Å². The zero-order valence-electron chi connectivity index (χ0n) is 8.79. The van der Waals surface area contributed by atoms with Gasteiger partial charge < -0.3 is 0 Å². The highest BCUT2D eigenvalue weighted by molar-refractivity contribution is 5.91. The molecule has 14 heavy (non-hydrogen) atoms. The quantitative estimate of drug-likeness (QED) is 0.664.